The minimum Gasteiger partial charge on any atom is -0.372 e. The van der Waals surface area contributed by atoms with Crippen LogP contribution in [0.15, 0.2) is 36.5 Å². The summed E-state index contributed by atoms with van der Waals surface area (Å²) in [5, 5.41) is 0.975. The fourth-order valence-electron chi connectivity index (χ4n) is 4.40. The Hall–Kier alpha value is -2.47. The van der Waals surface area contributed by atoms with Crippen LogP contribution in [0, 0.1) is 5.92 Å². The van der Waals surface area contributed by atoms with Gasteiger partial charge in [-0.3, -0.25) is 14.6 Å². The van der Waals surface area contributed by atoms with Gasteiger partial charge in [-0.15, -0.1) is 0 Å². The van der Waals surface area contributed by atoms with Crippen molar-refractivity contribution in [3.05, 3.63) is 42.1 Å². The molecule has 2 aliphatic heterocycles. The van der Waals surface area contributed by atoms with E-state index >= 15 is 0 Å². The van der Waals surface area contributed by atoms with Crippen LogP contribution >= 0.6 is 0 Å². The highest BCUT2D eigenvalue weighted by Crippen LogP contribution is 2.31. The molecule has 2 fully saturated rings. The van der Waals surface area contributed by atoms with E-state index in [9.17, 15) is 9.59 Å². The van der Waals surface area contributed by atoms with E-state index in [0.29, 0.717) is 44.1 Å². The van der Waals surface area contributed by atoms with Gasteiger partial charge in [-0.1, -0.05) is 32.0 Å². The summed E-state index contributed by atoms with van der Waals surface area (Å²) in [6, 6.07) is 9.75. The van der Waals surface area contributed by atoms with E-state index < -0.39 is 0 Å². The SMILES string of the molecule is CC(C)CCN1CC2(CCN(C(=O)c3cnc4ccccc4c3)CC2)OCCC1=O. The minimum absolute atomic E-state index is 0.0180. The molecule has 0 radical (unpaired) electrons. The Kier molecular flexibility index (Phi) is 6.04. The summed E-state index contributed by atoms with van der Waals surface area (Å²) in [6.07, 6.45) is 4.63. The maximum Gasteiger partial charge on any atom is 0.255 e. The predicted molar refractivity (Wildman–Crippen MR) is 116 cm³/mol. The van der Waals surface area contributed by atoms with Gasteiger partial charge in [-0.2, -0.15) is 0 Å². The highest BCUT2D eigenvalue weighted by atomic mass is 16.5. The second-order valence-corrected chi connectivity index (χ2v) is 8.99. The normalized spacial score (nSPS) is 19.5. The predicted octanol–water partition coefficient (Wildman–Crippen LogP) is 3.50. The average Bonchev–Trinajstić information content (AvgIpc) is 2.90. The van der Waals surface area contributed by atoms with Crippen LogP contribution in [-0.4, -0.2) is 65.0 Å². The van der Waals surface area contributed by atoms with Crippen LogP contribution in [0.4, 0.5) is 0 Å². The number of aromatic nitrogens is 1. The van der Waals surface area contributed by atoms with Gasteiger partial charge in [0.25, 0.3) is 5.91 Å². The molecule has 2 aromatic rings. The van der Waals surface area contributed by atoms with Gasteiger partial charge in [0.15, 0.2) is 0 Å². The molecule has 3 heterocycles. The maximum absolute atomic E-state index is 13.1. The number of likely N-dealkylation sites (tertiary alicyclic amines) is 1. The van der Waals surface area contributed by atoms with Crippen molar-refractivity contribution in [2.75, 3.05) is 32.8 Å². The molecule has 1 aromatic carbocycles. The van der Waals surface area contributed by atoms with Crippen molar-refractivity contribution in [2.24, 2.45) is 5.92 Å². The number of carbonyl (C=O) groups is 2. The van der Waals surface area contributed by atoms with Crippen molar-refractivity contribution in [3.8, 4) is 0 Å². The zero-order valence-corrected chi connectivity index (χ0v) is 18.0. The number of pyridine rings is 1. The molecule has 4 rings (SSSR count). The summed E-state index contributed by atoms with van der Waals surface area (Å²) in [7, 11) is 0. The van der Waals surface area contributed by atoms with Gasteiger partial charge in [-0.25, -0.2) is 0 Å². The largest absolute Gasteiger partial charge is 0.372 e. The monoisotopic (exact) mass is 409 g/mol. The fourth-order valence-corrected chi connectivity index (χ4v) is 4.40. The number of para-hydroxylation sites is 1. The van der Waals surface area contributed by atoms with Crippen molar-refractivity contribution in [2.45, 2.75) is 45.1 Å². The Balaban J connectivity index is 1.42. The summed E-state index contributed by atoms with van der Waals surface area (Å²) in [5.41, 5.74) is 1.19. The highest BCUT2D eigenvalue weighted by molar-refractivity contribution is 5.97. The van der Waals surface area contributed by atoms with E-state index in [1.807, 2.05) is 40.1 Å². The molecule has 0 saturated carbocycles. The summed E-state index contributed by atoms with van der Waals surface area (Å²) < 4.78 is 6.22. The van der Waals surface area contributed by atoms with Gasteiger partial charge in [0.05, 0.1) is 29.7 Å². The second-order valence-electron chi connectivity index (χ2n) is 8.99. The van der Waals surface area contributed by atoms with Gasteiger partial charge in [-0.05, 0) is 37.3 Å². The molecule has 1 aromatic heterocycles. The lowest BCUT2D eigenvalue weighted by molar-refractivity contribution is -0.131. The number of nitrogens with zero attached hydrogens (tertiary/aromatic N) is 3. The Morgan fingerprint density at radius 1 is 1.23 bits per heavy atom. The van der Waals surface area contributed by atoms with Crippen LogP contribution < -0.4 is 0 Å². The number of hydrogen-bond acceptors (Lipinski definition) is 4. The average molecular weight is 410 g/mol. The van der Waals surface area contributed by atoms with E-state index in [-0.39, 0.29) is 17.4 Å². The van der Waals surface area contributed by atoms with Crippen molar-refractivity contribution in [1.29, 1.82) is 0 Å². The molecule has 6 nitrogen and oxygen atoms in total. The molecular formula is C24H31N3O3. The molecule has 160 valence electrons. The molecule has 0 atom stereocenters. The minimum atomic E-state index is -0.332. The van der Waals surface area contributed by atoms with Crippen LogP contribution in [0.1, 0.15) is 49.9 Å². The number of fused-ring (bicyclic) bond motifs is 1. The molecule has 0 aliphatic carbocycles. The lowest BCUT2D eigenvalue weighted by Gasteiger charge is -2.42. The number of hydrogen-bond donors (Lipinski definition) is 0. The molecule has 2 aliphatic rings. The number of rotatable bonds is 4. The zero-order chi connectivity index (χ0) is 21.1. The molecule has 2 amide bonds. The van der Waals surface area contributed by atoms with Crippen LogP contribution in [0.25, 0.3) is 10.9 Å². The van der Waals surface area contributed by atoms with Gasteiger partial charge < -0.3 is 14.5 Å². The van der Waals surface area contributed by atoms with E-state index in [0.717, 1.165) is 36.7 Å². The standard InChI is InChI=1S/C24H31N3O3/c1-18(2)7-11-27-17-24(30-14-8-22(27)28)9-12-26(13-10-24)23(29)20-15-19-5-3-4-6-21(19)25-16-20/h3-6,15-16,18H,7-14,17H2,1-2H3. The van der Waals surface area contributed by atoms with E-state index in [1.165, 1.54) is 0 Å². The third-order valence-corrected chi connectivity index (χ3v) is 6.33. The summed E-state index contributed by atoms with van der Waals surface area (Å²) >= 11 is 0. The molecule has 6 heteroatoms. The Morgan fingerprint density at radius 3 is 2.77 bits per heavy atom. The smallest absolute Gasteiger partial charge is 0.255 e. The fraction of sp³-hybridized carbons (Fsp3) is 0.542. The van der Waals surface area contributed by atoms with E-state index in [2.05, 4.69) is 18.8 Å². The first-order valence-electron chi connectivity index (χ1n) is 11.0. The van der Waals surface area contributed by atoms with Crippen LogP contribution in [0.2, 0.25) is 0 Å². The van der Waals surface area contributed by atoms with E-state index in [1.54, 1.807) is 6.20 Å². The van der Waals surface area contributed by atoms with Gasteiger partial charge in [0.2, 0.25) is 5.91 Å². The number of carbonyl (C=O) groups excluding carboxylic acids is 2. The second kappa shape index (κ2) is 8.72. The zero-order valence-electron chi connectivity index (χ0n) is 18.0. The quantitative estimate of drug-likeness (QED) is 0.775. The molecule has 0 unspecified atom stereocenters. The van der Waals surface area contributed by atoms with Crippen molar-refractivity contribution >= 4 is 22.7 Å². The Bertz CT molecular complexity index is 919. The number of ether oxygens (including phenoxy) is 1. The number of piperidine rings is 1. The van der Waals surface area contributed by atoms with Crippen molar-refractivity contribution < 1.29 is 14.3 Å². The van der Waals surface area contributed by atoms with Gasteiger partial charge in [0, 0.05) is 37.8 Å². The first kappa shape index (κ1) is 20.8. The van der Waals surface area contributed by atoms with Crippen LogP contribution in [0.3, 0.4) is 0 Å². The highest BCUT2D eigenvalue weighted by Gasteiger charge is 2.41. The van der Waals surface area contributed by atoms with Crippen molar-refractivity contribution in [3.63, 3.8) is 0 Å². The molecule has 0 N–H and O–H groups in total. The van der Waals surface area contributed by atoms with Crippen molar-refractivity contribution in [1.82, 2.24) is 14.8 Å². The third kappa shape index (κ3) is 4.48. The van der Waals surface area contributed by atoms with Crippen LogP contribution in [-0.2, 0) is 9.53 Å². The van der Waals surface area contributed by atoms with Gasteiger partial charge in [0.1, 0.15) is 0 Å². The topological polar surface area (TPSA) is 62.7 Å². The Labute approximate surface area is 178 Å². The molecular weight excluding hydrogens is 378 g/mol. The maximum atomic E-state index is 13.1. The number of amides is 2. The molecule has 1 spiro atoms. The lowest BCUT2D eigenvalue weighted by Crippen LogP contribution is -2.53. The molecule has 2 saturated heterocycles. The van der Waals surface area contributed by atoms with E-state index in [4.69, 9.17) is 4.74 Å². The first-order valence-corrected chi connectivity index (χ1v) is 11.0. The first-order chi connectivity index (χ1) is 14.5. The lowest BCUT2D eigenvalue weighted by atomic mass is 9.90. The number of benzene rings is 1. The van der Waals surface area contributed by atoms with Crippen LogP contribution in [0.5, 0.6) is 0 Å². The summed E-state index contributed by atoms with van der Waals surface area (Å²) in [4.78, 5) is 33.9. The molecule has 0 bridgehead atoms. The third-order valence-electron chi connectivity index (χ3n) is 6.33. The summed E-state index contributed by atoms with van der Waals surface area (Å²) in [5.74, 6) is 0.769. The summed E-state index contributed by atoms with van der Waals surface area (Å²) in [6.45, 7) is 7.53. The Morgan fingerprint density at radius 2 is 2.00 bits per heavy atom. The molecule has 30 heavy (non-hydrogen) atoms. The van der Waals surface area contributed by atoms with Gasteiger partial charge >= 0.3 is 0 Å².